The van der Waals surface area contributed by atoms with Crippen molar-refractivity contribution in [1.82, 2.24) is 14.8 Å². The quantitative estimate of drug-likeness (QED) is 0.780. The highest BCUT2D eigenvalue weighted by atomic mass is 32.1. The number of amides is 3. The van der Waals surface area contributed by atoms with Gasteiger partial charge in [-0.2, -0.15) is 0 Å². The number of aromatic nitrogens is 1. The van der Waals surface area contributed by atoms with Crippen molar-refractivity contribution in [3.05, 3.63) is 35.2 Å². The molecule has 0 bridgehead atoms. The summed E-state index contributed by atoms with van der Waals surface area (Å²) in [5.74, 6) is 0.386. The zero-order valence-electron chi connectivity index (χ0n) is 15.2. The second-order valence-electron chi connectivity index (χ2n) is 7.13. The lowest BCUT2D eigenvalue weighted by Gasteiger charge is -2.35. The molecule has 2 aliphatic rings. The number of anilines is 1. The van der Waals surface area contributed by atoms with Gasteiger partial charge in [0.05, 0.1) is 5.69 Å². The zero-order valence-corrected chi connectivity index (χ0v) is 16.0. The van der Waals surface area contributed by atoms with Gasteiger partial charge >= 0.3 is 6.03 Å². The number of likely N-dealkylation sites (N-methyl/N-ethyl adjacent to an activating group) is 1. The Bertz CT molecular complexity index is 845. The van der Waals surface area contributed by atoms with Gasteiger partial charge in [0.1, 0.15) is 6.04 Å². The molecule has 2 saturated heterocycles. The van der Waals surface area contributed by atoms with Crippen LogP contribution >= 0.6 is 11.3 Å². The molecule has 1 atom stereocenters. The molecule has 1 aromatic heterocycles. The molecule has 0 saturated carbocycles. The summed E-state index contributed by atoms with van der Waals surface area (Å²) in [5, 5.41) is 2.96. The van der Waals surface area contributed by atoms with E-state index in [1.807, 2.05) is 0 Å². The van der Waals surface area contributed by atoms with Crippen LogP contribution in [0.25, 0.3) is 11.3 Å². The molecule has 26 heavy (non-hydrogen) atoms. The summed E-state index contributed by atoms with van der Waals surface area (Å²) in [6, 6.07) is 7.94. The van der Waals surface area contributed by atoms with Gasteiger partial charge in [0.2, 0.25) is 0 Å². The molecule has 0 aliphatic carbocycles. The van der Waals surface area contributed by atoms with Crippen LogP contribution in [0, 0.1) is 0 Å². The number of piperazine rings is 1. The Morgan fingerprint density at radius 2 is 1.88 bits per heavy atom. The SMILES string of the molecule is CC(C)c1ccc(-c2csc(N3CCN4C(=O)N(C)C(=O)C4C3)n2)cc1. The minimum Gasteiger partial charge on any atom is -0.344 e. The molecule has 0 N–H and O–H groups in total. The molecule has 2 aliphatic heterocycles. The van der Waals surface area contributed by atoms with Crippen LogP contribution < -0.4 is 4.90 Å². The fourth-order valence-electron chi connectivity index (χ4n) is 3.49. The number of hydrogen-bond donors (Lipinski definition) is 0. The Labute approximate surface area is 157 Å². The zero-order chi connectivity index (χ0) is 18.4. The first kappa shape index (κ1) is 17.0. The summed E-state index contributed by atoms with van der Waals surface area (Å²) in [5.41, 5.74) is 3.37. The average Bonchev–Trinajstić information content (AvgIpc) is 3.22. The van der Waals surface area contributed by atoms with E-state index in [2.05, 4.69) is 48.4 Å². The van der Waals surface area contributed by atoms with Gasteiger partial charge in [-0.3, -0.25) is 9.69 Å². The number of carbonyl (C=O) groups excluding carboxylic acids is 2. The minimum absolute atomic E-state index is 0.124. The predicted molar refractivity (Wildman–Crippen MR) is 103 cm³/mol. The predicted octanol–water partition coefficient (Wildman–Crippen LogP) is 3.02. The lowest BCUT2D eigenvalue weighted by atomic mass is 10.0. The number of thiazole rings is 1. The lowest BCUT2D eigenvalue weighted by Crippen LogP contribution is -2.53. The highest BCUT2D eigenvalue weighted by molar-refractivity contribution is 7.14. The summed E-state index contributed by atoms with van der Waals surface area (Å²) in [4.78, 5) is 34.1. The smallest absolute Gasteiger partial charge is 0.327 e. The highest BCUT2D eigenvalue weighted by Crippen LogP contribution is 2.31. The summed E-state index contributed by atoms with van der Waals surface area (Å²) in [6.45, 7) is 6.12. The van der Waals surface area contributed by atoms with E-state index < -0.39 is 0 Å². The first-order chi connectivity index (χ1) is 12.5. The van der Waals surface area contributed by atoms with E-state index in [4.69, 9.17) is 4.98 Å². The van der Waals surface area contributed by atoms with Crippen LogP contribution in [-0.4, -0.2) is 59.4 Å². The van der Waals surface area contributed by atoms with E-state index in [0.717, 1.165) is 16.4 Å². The average molecular weight is 370 g/mol. The fourth-order valence-corrected chi connectivity index (χ4v) is 4.36. The molecule has 2 fully saturated rings. The molecule has 4 rings (SSSR count). The van der Waals surface area contributed by atoms with Crippen molar-refractivity contribution >= 4 is 28.4 Å². The summed E-state index contributed by atoms with van der Waals surface area (Å²) in [7, 11) is 1.55. The van der Waals surface area contributed by atoms with Crippen LogP contribution in [0.5, 0.6) is 0 Å². The van der Waals surface area contributed by atoms with Gasteiger partial charge in [-0.05, 0) is 11.5 Å². The topological polar surface area (TPSA) is 56.8 Å². The van der Waals surface area contributed by atoms with Gasteiger partial charge in [0.25, 0.3) is 5.91 Å². The molecule has 1 unspecified atom stereocenters. The number of rotatable bonds is 3. The third-order valence-corrected chi connectivity index (χ3v) is 6.07. The first-order valence-corrected chi connectivity index (χ1v) is 9.72. The normalized spacial score (nSPS) is 20.3. The molecule has 1 aromatic carbocycles. The van der Waals surface area contributed by atoms with Gasteiger partial charge in [-0.15, -0.1) is 11.3 Å². The van der Waals surface area contributed by atoms with Crippen LogP contribution in [0.2, 0.25) is 0 Å². The van der Waals surface area contributed by atoms with E-state index in [1.54, 1.807) is 23.3 Å². The maximum Gasteiger partial charge on any atom is 0.327 e. The number of nitrogens with zero attached hydrogens (tertiary/aromatic N) is 4. The molecule has 3 amide bonds. The fraction of sp³-hybridized carbons (Fsp3) is 0.421. The monoisotopic (exact) mass is 370 g/mol. The Kier molecular flexibility index (Phi) is 4.19. The lowest BCUT2D eigenvalue weighted by molar-refractivity contribution is -0.127. The maximum atomic E-state index is 12.3. The van der Waals surface area contributed by atoms with Crippen LogP contribution in [0.3, 0.4) is 0 Å². The van der Waals surface area contributed by atoms with Crippen molar-refractivity contribution < 1.29 is 9.59 Å². The number of urea groups is 1. The third kappa shape index (κ3) is 2.76. The van der Waals surface area contributed by atoms with E-state index in [9.17, 15) is 9.59 Å². The Morgan fingerprint density at radius 1 is 1.15 bits per heavy atom. The molecule has 136 valence electrons. The second kappa shape index (κ2) is 6.39. The van der Waals surface area contributed by atoms with Gasteiger partial charge in [0.15, 0.2) is 5.13 Å². The van der Waals surface area contributed by atoms with Crippen molar-refractivity contribution in [2.45, 2.75) is 25.8 Å². The number of benzene rings is 1. The molecular weight excluding hydrogens is 348 g/mol. The van der Waals surface area contributed by atoms with Crippen molar-refractivity contribution in [2.24, 2.45) is 0 Å². The molecule has 2 aromatic rings. The van der Waals surface area contributed by atoms with Crippen molar-refractivity contribution in [3.8, 4) is 11.3 Å². The molecular formula is C19H22N4O2S. The van der Waals surface area contributed by atoms with Crippen molar-refractivity contribution in [3.63, 3.8) is 0 Å². The van der Waals surface area contributed by atoms with Crippen molar-refractivity contribution in [1.29, 1.82) is 0 Å². The first-order valence-electron chi connectivity index (χ1n) is 8.84. The second-order valence-corrected chi connectivity index (χ2v) is 7.96. The summed E-state index contributed by atoms with van der Waals surface area (Å²) >= 11 is 1.58. The van der Waals surface area contributed by atoms with Crippen molar-refractivity contribution in [2.75, 3.05) is 31.6 Å². The van der Waals surface area contributed by atoms with E-state index in [-0.39, 0.29) is 18.0 Å². The molecule has 0 radical (unpaired) electrons. The van der Waals surface area contributed by atoms with Crippen LogP contribution in [0.4, 0.5) is 9.93 Å². The number of hydrogen-bond acceptors (Lipinski definition) is 5. The van der Waals surface area contributed by atoms with Crippen LogP contribution in [0.1, 0.15) is 25.3 Å². The van der Waals surface area contributed by atoms with Gasteiger partial charge in [-0.1, -0.05) is 38.1 Å². The largest absolute Gasteiger partial charge is 0.344 e. The minimum atomic E-state index is -0.390. The number of carbonyl (C=O) groups is 2. The summed E-state index contributed by atoms with van der Waals surface area (Å²) < 4.78 is 0. The van der Waals surface area contributed by atoms with Crippen LogP contribution in [0.15, 0.2) is 29.6 Å². The van der Waals surface area contributed by atoms with E-state index in [0.29, 0.717) is 25.6 Å². The third-order valence-electron chi connectivity index (χ3n) is 5.16. The van der Waals surface area contributed by atoms with Crippen LogP contribution in [-0.2, 0) is 4.79 Å². The van der Waals surface area contributed by atoms with Gasteiger partial charge in [-0.25, -0.2) is 9.78 Å². The summed E-state index contributed by atoms with van der Waals surface area (Å²) in [6.07, 6.45) is 0. The molecule has 6 nitrogen and oxygen atoms in total. The van der Waals surface area contributed by atoms with E-state index >= 15 is 0 Å². The molecule has 7 heteroatoms. The van der Waals surface area contributed by atoms with E-state index in [1.165, 1.54) is 10.5 Å². The highest BCUT2D eigenvalue weighted by Gasteiger charge is 2.46. The number of imide groups is 1. The Morgan fingerprint density at radius 3 is 2.58 bits per heavy atom. The van der Waals surface area contributed by atoms with Gasteiger partial charge < -0.3 is 9.80 Å². The Balaban J connectivity index is 1.52. The molecule has 3 heterocycles. The maximum absolute atomic E-state index is 12.3. The Hall–Kier alpha value is -2.41. The molecule has 0 spiro atoms. The van der Waals surface area contributed by atoms with Gasteiger partial charge in [0, 0.05) is 37.6 Å². The number of fused-ring (bicyclic) bond motifs is 1. The standard InChI is InChI=1S/C19H22N4O2S/c1-12(2)13-4-6-14(7-5-13)15-11-26-18(20-15)22-8-9-23-16(10-22)17(24)21(3)19(23)25/h4-7,11-12,16H,8-10H2,1-3H3.